The number of carbonyl (C=O) groups is 1. The second-order valence-electron chi connectivity index (χ2n) is 7.06. The molecule has 1 N–H and O–H groups in total. The summed E-state index contributed by atoms with van der Waals surface area (Å²) in [5, 5.41) is 8.65. The van der Waals surface area contributed by atoms with Gasteiger partial charge in [0.15, 0.2) is 0 Å². The van der Waals surface area contributed by atoms with E-state index in [1.54, 1.807) is 0 Å². The van der Waals surface area contributed by atoms with E-state index in [4.69, 9.17) is 14.6 Å². The largest absolute Gasteiger partial charge is 0.481 e. The van der Waals surface area contributed by atoms with Gasteiger partial charge in [-0.05, 0) is 56.8 Å². The molecule has 0 aliphatic carbocycles. The minimum absolute atomic E-state index is 0.253. The molecule has 2 aliphatic heterocycles. The van der Waals surface area contributed by atoms with Crippen LogP contribution in [0.1, 0.15) is 64.7 Å². The monoisotopic (exact) mass is 348 g/mol. The number of unbranched alkanes of at least 4 members (excludes halogenated alkanes) is 2. The molecule has 4 nitrogen and oxygen atoms in total. The molecule has 0 spiro atoms. The van der Waals surface area contributed by atoms with Gasteiger partial charge in [0.05, 0.1) is 12.2 Å². The molecule has 4 heteroatoms. The smallest absolute Gasteiger partial charge is 0.303 e. The van der Waals surface area contributed by atoms with Crippen molar-refractivity contribution in [2.75, 3.05) is 13.2 Å². The Labute approximate surface area is 152 Å². The van der Waals surface area contributed by atoms with Gasteiger partial charge in [0.2, 0.25) is 0 Å². The van der Waals surface area contributed by atoms with Crippen molar-refractivity contribution in [3.8, 4) is 11.8 Å². The minimum Gasteiger partial charge on any atom is -0.481 e. The summed E-state index contributed by atoms with van der Waals surface area (Å²) in [7, 11) is 0. The highest BCUT2D eigenvalue weighted by Gasteiger charge is 2.47. The van der Waals surface area contributed by atoms with Crippen LogP contribution in [0.5, 0.6) is 0 Å². The maximum absolute atomic E-state index is 10.5. The van der Waals surface area contributed by atoms with Gasteiger partial charge < -0.3 is 14.6 Å². The fraction of sp³-hybridized carbons (Fsp3) is 0.762. The average molecular weight is 348 g/mol. The molecule has 2 saturated heterocycles. The zero-order valence-corrected chi connectivity index (χ0v) is 15.4. The fourth-order valence-electron chi connectivity index (χ4n) is 3.95. The summed E-state index contributed by atoms with van der Waals surface area (Å²) in [6, 6.07) is 0. The van der Waals surface area contributed by atoms with Crippen LogP contribution in [0.3, 0.4) is 0 Å². The van der Waals surface area contributed by atoms with Gasteiger partial charge in [0, 0.05) is 19.4 Å². The molecule has 0 unspecified atom stereocenters. The van der Waals surface area contributed by atoms with Crippen LogP contribution in [0, 0.1) is 23.7 Å². The second-order valence-corrected chi connectivity index (χ2v) is 7.06. The lowest BCUT2D eigenvalue weighted by atomic mass is 9.76. The van der Waals surface area contributed by atoms with Gasteiger partial charge in [-0.2, -0.15) is 0 Å². The zero-order chi connectivity index (χ0) is 17.9. The van der Waals surface area contributed by atoms with E-state index in [2.05, 4.69) is 30.9 Å². The number of aliphatic carboxylic acids is 1. The molecule has 0 aromatic carbocycles. The van der Waals surface area contributed by atoms with E-state index in [0.29, 0.717) is 30.7 Å². The predicted octanol–water partition coefficient (Wildman–Crippen LogP) is 4.19. The van der Waals surface area contributed by atoms with Crippen molar-refractivity contribution in [3.05, 3.63) is 12.2 Å². The van der Waals surface area contributed by atoms with Crippen molar-refractivity contribution in [2.45, 2.75) is 76.9 Å². The molecule has 0 amide bonds. The third kappa shape index (κ3) is 6.84. The Hall–Kier alpha value is -1.31. The maximum Gasteiger partial charge on any atom is 0.303 e. The Bertz CT molecular complexity index is 488. The minimum atomic E-state index is -0.714. The van der Waals surface area contributed by atoms with Gasteiger partial charge in [-0.15, -0.1) is 5.92 Å². The van der Waals surface area contributed by atoms with Crippen LogP contribution in [0.4, 0.5) is 0 Å². The number of carboxylic acids is 1. The van der Waals surface area contributed by atoms with Crippen LogP contribution < -0.4 is 0 Å². The molecule has 140 valence electrons. The molecule has 0 saturated carbocycles. The van der Waals surface area contributed by atoms with Crippen molar-refractivity contribution in [3.63, 3.8) is 0 Å². The highest BCUT2D eigenvalue weighted by Crippen LogP contribution is 2.46. The lowest BCUT2D eigenvalue weighted by Crippen LogP contribution is -2.28. The Morgan fingerprint density at radius 1 is 1.24 bits per heavy atom. The maximum atomic E-state index is 10.5. The second kappa shape index (κ2) is 11.3. The summed E-state index contributed by atoms with van der Waals surface area (Å²) in [6.45, 7) is 3.43. The lowest BCUT2D eigenvalue weighted by molar-refractivity contribution is -0.137. The van der Waals surface area contributed by atoms with Crippen LogP contribution >= 0.6 is 0 Å². The van der Waals surface area contributed by atoms with E-state index in [1.165, 1.54) is 12.8 Å². The Kier molecular flexibility index (Phi) is 9.07. The topological polar surface area (TPSA) is 55.8 Å². The molecule has 0 radical (unpaired) electrons. The summed E-state index contributed by atoms with van der Waals surface area (Å²) in [6.07, 6.45) is 13.5. The first kappa shape index (κ1) is 20.0. The number of hydrogen-bond acceptors (Lipinski definition) is 3. The number of fused-ring (bicyclic) bond motifs is 2. The average Bonchev–Trinajstić information content (AvgIpc) is 3.19. The molecule has 2 bridgehead atoms. The third-order valence-corrected chi connectivity index (χ3v) is 5.20. The first-order valence-corrected chi connectivity index (χ1v) is 9.78. The SMILES string of the molecule is CCCC#CCOCC[C@@H]1[C@@H](C/C=C\CCCC(=O)O)[C@H]2CC[C@@H]1O2. The molecule has 25 heavy (non-hydrogen) atoms. The summed E-state index contributed by atoms with van der Waals surface area (Å²) < 4.78 is 11.8. The highest BCUT2D eigenvalue weighted by molar-refractivity contribution is 5.66. The number of carboxylic acid groups (broad SMARTS) is 1. The van der Waals surface area contributed by atoms with Crippen LogP contribution in [0.15, 0.2) is 12.2 Å². The molecule has 2 fully saturated rings. The zero-order valence-electron chi connectivity index (χ0n) is 15.4. The predicted molar refractivity (Wildman–Crippen MR) is 98.2 cm³/mol. The van der Waals surface area contributed by atoms with Gasteiger partial charge >= 0.3 is 5.97 Å². The van der Waals surface area contributed by atoms with E-state index in [1.807, 2.05) is 0 Å². The van der Waals surface area contributed by atoms with Crippen LogP contribution in [-0.2, 0) is 14.3 Å². The molecule has 2 aliphatic rings. The molecule has 2 heterocycles. The van der Waals surface area contributed by atoms with Crippen molar-refractivity contribution >= 4 is 5.97 Å². The van der Waals surface area contributed by atoms with E-state index in [-0.39, 0.29) is 6.42 Å². The van der Waals surface area contributed by atoms with Crippen LogP contribution in [-0.4, -0.2) is 36.5 Å². The summed E-state index contributed by atoms with van der Waals surface area (Å²) in [5.74, 6) is 6.63. The normalized spacial score (nSPS) is 27.6. The molecule has 2 rings (SSSR count). The van der Waals surface area contributed by atoms with E-state index < -0.39 is 5.97 Å². The summed E-state index contributed by atoms with van der Waals surface area (Å²) >= 11 is 0. The van der Waals surface area contributed by atoms with Crippen molar-refractivity contribution in [1.82, 2.24) is 0 Å². The van der Waals surface area contributed by atoms with Crippen molar-refractivity contribution in [1.29, 1.82) is 0 Å². The first-order valence-electron chi connectivity index (χ1n) is 9.78. The van der Waals surface area contributed by atoms with Crippen molar-refractivity contribution < 1.29 is 19.4 Å². The van der Waals surface area contributed by atoms with E-state index in [0.717, 1.165) is 45.1 Å². The lowest BCUT2D eigenvalue weighted by Gasteiger charge is -2.27. The molecular weight excluding hydrogens is 316 g/mol. The standard InChI is InChI=1S/C21H32O4/c1-2-3-4-9-15-24-16-14-18-17(19-12-13-20(18)25-19)10-7-5-6-8-11-21(22)23/h5,7,17-20H,2-3,6,8,10-16H2,1H3,(H,22,23)/b7-5-/t17-,18-,19-,20+/m1/s1. The van der Waals surface area contributed by atoms with Gasteiger partial charge in [-0.25, -0.2) is 0 Å². The van der Waals surface area contributed by atoms with E-state index >= 15 is 0 Å². The molecule has 0 aromatic heterocycles. The van der Waals surface area contributed by atoms with Gasteiger partial charge in [-0.1, -0.05) is 25.0 Å². The Morgan fingerprint density at radius 2 is 2.04 bits per heavy atom. The van der Waals surface area contributed by atoms with Crippen LogP contribution in [0.2, 0.25) is 0 Å². The number of hydrogen-bond donors (Lipinski definition) is 1. The molecule has 4 atom stereocenters. The van der Waals surface area contributed by atoms with Gasteiger partial charge in [0.1, 0.15) is 6.61 Å². The number of ether oxygens (including phenoxy) is 2. The molecular formula is C21H32O4. The summed E-state index contributed by atoms with van der Waals surface area (Å²) in [5.41, 5.74) is 0. The van der Waals surface area contributed by atoms with Crippen molar-refractivity contribution in [2.24, 2.45) is 11.8 Å². The highest BCUT2D eigenvalue weighted by atomic mass is 16.5. The third-order valence-electron chi connectivity index (χ3n) is 5.20. The molecule has 0 aromatic rings. The first-order chi connectivity index (χ1) is 12.2. The fourth-order valence-corrected chi connectivity index (χ4v) is 3.95. The van der Waals surface area contributed by atoms with Gasteiger partial charge in [-0.3, -0.25) is 4.79 Å². The number of rotatable bonds is 11. The number of allylic oxidation sites excluding steroid dienone is 2. The quantitative estimate of drug-likeness (QED) is 0.345. The summed E-state index contributed by atoms with van der Waals surface area (Å²) in [4.78, 5) is 10.5. The van der Waals surface area contributed by atoms with Gasteiger partial charge in [0.25, 0.3) is 0 Å². The Balaban J connectivity index is 1.67. The van der Waals surface area contributed by atoms with Crippen LogP contribution in [0.25, 0.3) is 0 Å². The Morgan fingerprint density at radius 3 is 2.80 bits per heavy atom. The van der Waals surface area contributed by atoms with E-state index in [9.17, 15) is 4.79 Å².